The van der Waals surface area contributed by atoms with Crippen LogP contribution in [0.2, 0.25) is 0 Å². The van der Waals surface area contributed by atoms with Gasteiger partial charge < -0.3 is 15.5 Å². The third-order valence-electron chi connectivity index (χ3n) is 5.49. The lowest BCUT2D eigenvalue weighted by atomic mass is 9.85. The van der Waals surface area contributed by atoms with Crippen LogP contribution in [0.3, 0.4) is 0 Å². The Balaban J connectivity index is 1.51. The Hall–Kier alpha value is -2.35. The minimum atomic E-state index is -1.18. The molecular formula is C19H22F3N5. The molecule has 0 unspecified atom stereocenters. The van der Waals surface area contributed by atoms with Crippen molar-refractivity contribution >= 4 is 11.6 Å². The number of nitrogens with zero attached hydrogens (tertiary/aromatic N) is 4. The molecule has 0 radical (unpaired) electrons. The number of nitrogens with two attached hydrogens (primary N) is 1. The van der Waals surface area contributed by atoms with E-state index in [2.05, 4.69) is 14.9 Å². The lowest BCUT2D eigenvalue weighted by Gasteiger charge is -2.38. The van der Waals surface area contributed by atoms with Crippen molar-refractivity contribution in [3.05, 3.63) is 47.5 Å². The smallest absolute Gasteiger partial charge is 0.161 e. The number of benzene rings is 1. The lowest BCUT2D eigenvalue weighted by Crippen LogP contribution is -2.48. The summed E-state index contributed by atoms with van der Waals surface area (Å²) in [5, 5.41) is 0. The minimum absolute atomic E-state index is 0.140. The van der Waals surface area contributed by atoms with E-state index >= 15 is 0 Å². The average molecular weight is 377 g/mol. The van der Waals surface area contributed by atoms with Crippen LogP contribution in [0.15, 0.2) is 24.5 Å². The SMILES string of the molecule is N[C@H]1CN(c2cc(N3CCCC3)ncn2)CC[C@@H]1c1cc(F)c(F)cc1F. The summed E-state index contributed by atoms with van der Waals surface area (Å²) in [6.07, 6.45) is 4.41. The molecule has 144 valence electrons. The van der Waals surface area contributed by atoms with E-state index in [1.54, 1.807) is 6.33 Å². The standard InChI is InChI=1S/C19H22F3N5/c20-14-8-16(22)15(21)7-13(14)12-3-6-27(10-17(12)23)19-9-18(24-11-25-19)26-4-1-2-5-26/h7-9,11-12,17H,1-6,10,23H2/t12-,17+/m1/s1. The molecule has 27 heavy (non-hydrogen) atoms. The highest BCUT2D eigenvalue weighted by molar-refractivity contribution is 5.51. The molecule has 1 aromatic carbocycles. The van der Waals surface area contributed by atoms with Gasteiger partial charge in [-0.1, -0.05) is 0 Å². The van der Waals surface area contributed by atoms with Crippen LogP contribution in [0.25, 0.3) is 0 Å². The first-order chi connectivity index (χ1) is 13.0. The van der Waals surface area contributed by atoms with Gasteiger partial charge in [0.2, 0.25) is 0 Å². The molecule has 2 atom stereocenters. The second-order valence-electron chi connectivity index (χ2n) is 7.22. The van der Waals surface area contributed by atoms with E-state index in [1.807, 2.05) is 11.0 Å². The van der Waals surface area contributed by atoms with Crippen molar-refractivity contribution in [1.82, 2.24) is 9.97 Å². The van der Waals surface area contributed by atoms with Gasteiger partial charge in [0, 0.05) is 50.3 Å². The Bertz CT molecular complexity index is 825. The summed E-state index contributed by atoms with van der Waals surface area (Å²) in [6.45, 7) is 3.05. The van der Waals surface area contributed by atoms with Crippen molar-refractivity contribution in [3.8, 4) is 0 Å². The normalized spacial score (nSPS) is 23.1. The maximum atomic E-state index is 14.1. The van der Waals surface area contributed by atoms with Gasteiger partial charge in [0.15, 0.2) is 11.6 Å². The van der Waals surface area contributed by atoms with Crippen LogP contribution in [-0.2, 0) is 0 Å². The molecule has 0 aliphatic carbocycles. The molecule has 2 N–H and O–H groups in total. The predicted molar refractivity (Wildman–Crippen MR) is 97.3 cm³/mol. The van der Waals surface area contributed by atoms with Crippen molar-refractivity contribution in [2.24, 2.45) is 5.73 Å². The highest BCUT2D eigenvalue weighted by Gasteiger charge is 2.31. The molecule has 2 aliphatic heterocycles. The van der Waals surface area contributed by atoms with Crippen LogP contribution in [0.1, 0.15) is 30.7 Å². The topological polar surface area (TPSA) is 58.3 Å². The van der Waals surface area contributed by atoms with E-state index in [0.717, 1.165) is 43.6 Å². The first-order valence-corrected chi connectivity index (χ1v) is 9.25. The predicted octanol–water partition coefficient (Wildman–Crippen LogP) is 2.82. The molecule has 3 heterocycles. The molecule has 0 spiro atoms. The average Bonchev–Trinajstić information content (AvgIpc) is 3.20. The molecule has 2 aromatic rings. The molecule has 8 heteroatoms. The van der Waals surface area contributed by atoms with Crippen molar-refractivity contribution in [2.45, 2.75) is 31.2 Å². The number of anilines is 2. The summed E-state index contributed by atoms with van der Waals surface area (Å²) >= 11 is 0. The maximum absolute atomic E-state index is 14.1. The monoisotopic (exact) mass is 377 g/mol. The van der Waals surface area contributed by atoms with Gasteiger partial charge in [-0.25, -0.2) is 23.1 Å². The fourth-order valence-corrected chi connectivity index (χ4v) is 4.03. The minimum Gasteiger partial charge on any atom is -0.356 e. The molecule has 2 fully saturated rings. The Labute approximate surface area is 156 Å². The van der Waals surface area contributed by atoms with Gasteiger partial charge in [-0.05, 0) is 30.9 Å². The van der Waals surface area contributed by atoms with Gasteiger partial charge in [-0.2, -0.15) is 0 Å². The quantitative estimate of drug-likeness (QED) is 0.834. The van der Waals surface area contributed by atoms with Crippen LogP contribution in [0.4, 0.5) is 24.8 Å². The van der Waals surface area contributed by atoms with Crippen LogP contribution >= 0.6 is 0 Å². The molecule has 5 nitrogen and oxygen atoms in total. The van der Waals surface area contributed by atoms with E-state index < -0.39 is 23.5 Å². The Morgan fingerprint density at radius 1 is 0.852 bits per heavy atom. The largest absolute Gasteiger partial charge is 0.356 e. The molecule has 0 saturated carbocycles. The summed E-state index contributed by atoms with van der Waals surface area (Å²) < 4.78 is 40.9. The summed E-state index contributed by atoms with van der Waals surface area (Å²) in [7, 11) is 0. The first kappa shape index (κ1) is 18.0. The van der Waals surface area contributed by atoms with E-state index in [1.165, 1.54) is 0 Å². The van der Waals surface area contributed by atoms with Crippen molar-refractivity contribution < 1.29 is 13.2 Å². The Morgan fingerprint density at radius 2 is 1.52 bits per heavy atom. The summed E-state index contributed by atoms with van der Waals surface area (Å²) in [5.74, 6) is -1.66. The van der Waals surface area contributed by atoms with E-state index in [4.69, 9.17) is 5.73 Å². The molecule has 0 bridgehead atoms. The zero-order chi connectivity index (χ0) is 19.0. The van der Waals surface area contributed by atoms with Crippen LogP contribution in [-0.4, -0.2) is 42.2 Å². The molecular weight excluding hydrogens is 355 g/mol. The highest BCUT2D eigenvalue weighted by Crippen LogP contribution is 2.32. The fraction of sp³-hybridized carbons (Fsp3) is 0.474. The number of halogens is 3. The van der Waals surface area contributed by atoms with Gasteiger partial charge in [0.25, 0.3) is 0 Å². The van der Waals surface area contributed by atoms with Crippen LogP contribution in [0.5, 0.6) is 0 Å². The number of hydrogen-bond acceptors (Lipinski definition) is 5. The van der Waals surface area contributed by atoms with Gasteiger partial charge in [-0.15, -0.1) is 0 Å². The van der Waals surface area contributed by atoms with E-state index in [9.17, 15) is 13.2 Å². The third-order valence-corrected chi connectivity index (χ3v) is 5.49. The zero-order valence-electron chi connectivity index (χ0n) is 14.9. The fourth-order valence-electron chi connectivity index (χ4n) is 4.03. The Kier molecular flexibility index (Phi) is 4.90. The highest BCUT2D eigenvalue weighted by atomic mass is 19.2. The summed E-state index contributed by atoms with van der Waals surface area (Å²) in [4.78, 5) is 13.0. The Morgan fingerprint density at radius 3 is 2.22 bits per heavy atom. The molecule has 1 aromatic heterocycles. The summed E-state index contributed by atoms with van der Waals surface area (Å²) in [6, 6.07) is 3.07. The number of rotatable bonds is 3. The number of piperidine rings is 1. The van der Waals surface area contributed by atoms with Crippen molar-refractivity contribution in [1.29, 1.82) is 0 Å². The van der Waals surface area contributed by atoms with Crippen LogP contribution < -0.4 is 15.5 Å². The molecule has 4 rings (SSSR count). The van der Waals surface area contributed by atoms with E-state index in [-0.39, 0.29) is 11.5 Å². The zero-order valence-corrected chi connectivity index (χ0v) is 14.9. The first-order valence-electron chi connectivity index (χ1n) is 9.25. The lowest BCUT2D eigenvalue weighted by molar-refractivity contribution is 0.416. The molecule has 2 saturated heterocycles. The van der Waals surface area contributed by atoms with Crippen molar-refractivity contribution in [3.63, 3.8) is 0 Å². The molecule has 2 aliphatic rings. The maximum Gasteiger partial charge on any atom is 0.161 e. The third kappa shape index (κ3) is 3.58. The second-order valence-corrected chi connectivity index (χ2v) is 7.22. The van der Waals surface area contributed by atoms with Gasteiger partial charge in [-0.3, -0.25) is 0 Å². The summed E-state index contributed by atoms with van der Waals surface area (Å²) in [5.41, 5.74) is 6.42. The van der Waals surface area contributed by atoms with Gasteiger partial charge in [0.05, 0.1) is 0 Å². The van der Waals surface area contributed by atoms with E-state index in [0.29, 0.717) is 25.6 Å². The van der Waals surface area contributed by atoms with Gasteiger partial charge >= 0.3 is 0 Å². The number of hydrogen-bond donors (Lipinski definition) is 1. The van der Waals surface area contributed by atoms with Crippen molar-refractivity contribution in [2.75, 3.05) is 36.0 Å². The van der Waals surface area contributed by atoms with Gasteiger partial charge in [0.1, 0.15) is 23.8 Å². The van der Waals surface area contributed by atoms with Crippen LogP contribution in [0, 0.1) is 17.5 Å². The number of aromatic nitrogens is 2. The second kappa shape index (κ2) is 7.34. The molecule has 0 amide bonds.